The van der Waals surface area contributed by atoms with Gasteiger partial charge in [0.1, 0.15) is 11.2 Å². The number of benzene rings is 9. The monoisotopic (exact) mass is 817 g/mol. The molecule has 0 saturated carbocycles. The van der Waals surface area contributed by atoms with Gasteiger partial charge in [0, 0.05) is 27.8 Å². The largest absolute Gasteiger partial charge is 0.456 e. The van der Waals surface area contributed by atoms with E-state index >= 15 is 0 Å². The molecular weight excluding hydrogens is 775 g/mol. The molecule has 0 aliphatic heterocycles. The molecule has 0 saturated heterocycles. The molecule has 0 atom stereocenters. The molecule has 11 aromatic rings. The molecule has 0 bridgehead atoms. The molecule has 0 N–H and O–H groups in total. The minimum absolute atomic E-state index is 0.855. The number of fused-ring (bicyclic) bond motifs is 8. The number of hydrogen-bond donors (Lipinski definition) is 0. The second-order valence-corrected chi connectivity index (χ2v) is 16.1. The Balaban J connectivity index is 1.07. The molecule has 1 heterocycles. The molecule has 2 heteroatoms. The fourth-order valence-electron chi connectivity index (χ4n) is 9.14. The first-order valence-electron chi connectivity index (χ1n) is 21.8. The highest BCUT2D eigenvalue weighted by Gasteiger charge is 2.18. The average Bonchev–Trinajstić information content (AvgIpc) is 3.72. The highest BCUT2D eigenvalue weighted by molar-refractivity contribution is 6.13. The topological polar surface area (TPSA) is 16.4 Å². The van der Waals surface area contributed by atoms with Crippen LogP contribution in [0.1, 0.15) is 5.56 Å². The van der Waals surface area contributed by atoms with Crippen molar-refractivity contribution in [3.8, 4) is 22.3 Å². The number of nitrogens with zero attached hydrogens (tertiary/aromatic N) is 1. The average molecular weight is 818 g/mol. The predicted molar refractivity (Wildman–Crippen MR) is 275 cm³/mol. The van der Waals surface area contributed by atoms with Crippen molar-refractivity contribution in [3.05, 3.63) is 261 Å². The van der Waals surface area contributed by atoms with Crippen molar-refractivity contribution in [3.63, 3.8) is 0 Å². The summed E-state index contributed by atoms with van der Waals surface area (Å²) in [7, 11) is 0. The summed E-state index contributed by atoms with van der Waals surface area (Å²) in [6.45, 7) is 4.08. The smallest absolute Gasteiger partial charge is 0.136 e. The maximum atomic E-state index is 6.53. The summed E-state index contributed by atoms with van der Waals surface area (Å²) < 4.78 is 6.53. The zero-order valence-corrected chi connectivity index (χ0v) is 35.2. The van der Waals surface area contributed by atoms with Gasteiger partial charge in [-0.1, -0.05) is 195 Å². The number of rotatable bonds is 8. The van der Waals surface area contributed by atoms with E-state index in [1.54, 1.807) is 0 Å². The summed E-state index contributed by atoms with van der Waals surface area (Å²) in [5.41, 5.74) is 10.4. The van der Waals surface area contributed by atoms with E-state index < -0.39 is 0 Å². The summed E-state index contributed by atoms with van der Waals surface area (Å²) in [6, 6.07) is 80.3. The second kappa shape index (κ2) is 16.8. The molecule has 0 spiro atoms. The predicted octanol–water partition coefficient (Wildman–Crippen LogP) is 17.6. The van der Waals surface area contributed by atoms with Crippen LogP contribution >= 0.6 is 0 Å². The Hall–Kier alpha value is -8.46. The highest BCUT2D eigenvalue weighted by Crippen LogP contribution is 2.39. The van der Waals surface area contributed by atoms with Crippen molar-refractivity contribution in [2.75, 3.05) is 4.90 Å². The molecule has 10 aromatic carbocycles. The third kappa shape index (κ3) is 7.27. The Labute approximate surface area is 372 Å². The first-order valence-corrected chi connectivity index (χ1v) is 21.8. The molecule has 64 heavy (non-hydrogen) atoms. The van der Waals surface area contributed by atoms with Gasteiger partial charge in [-0.15, -0.1) is 0 Å². The highest BCUT2D eigenvalue weighted by atomic mass is 16.3. The zero-order chi connectivity index (χ0) is 42.8. The van der Waals surface area contributed by atoms with Crippen LogP contribution in [-0.4, -0.2) is 0 Å². The molecule has 1 aromatic heterocycles. The van der Waals surface area contributed by atoms with Crippen LogP contribution in [0.15, 0.2) is 259 Å². The van der Waals surface area contributed by atoms with Crippen molar-refractivity contribution < 1.29 is 4.42 Å². The lowest BCUT2D eigenvalue weighted by Gasteiger charge is -2.27. The summed E-state index contributed by atoms with van der Waals surface area (Å²) in [4.78, 5) is 2.33. The summed E-state index contributed by atoms with van der Waals surface area (Å²) in [5.74, 6) is 0. The Morgan fingerprint density at radius 1 is 0.406 bits per heavy atom. The maximum absolute atomic E-state index is 6.53. The molecule has 2 nitrogen and oxygen atoms in total. The van der Waals surface area contributed by atoms with Gasteiger partial charge in [-0.05, 0) is 132 Å². The van der Waals surface area contributed by atoms with E-state index in [1.165, 1.54) is 43.3 Å². The van der Waals surface area contributed by atoms with Crippen LogP contribution in [0.3, 0.4) is 0 Å². The molecule has 0 aliphatic rings. The van der Waals surface area contributed by atoms with Crippen LogP contribution < -0.4 is 4.90 Å². The van der Waals surface area contributed by atoms with E-state index in [0.29, 0.717) is 0 Å². The summed E-state index contributed by atoms with van der Waals surface area (Å²) in [5, 5.41) is 11.9. The van der Waals surface area contributed by atoms with Gasteiger partial charge in [-0.2, -0.15) is 0 Å². The van der Waals surface area contributed by atoms with E-state index in [4.69, 9.17) is 4.42 Å². The van der Waals surface area contributed by atoms with Crippen molar-refractivity contribution in [1.82, 2.24) is 0 Å². The van der Waals surface area contributed by atoms with Gasteiger partial charge < -0.3 is 9.32 Å². The third-order valence-corrected chi connectivity index (χ3v) is 12.2. The number of allylic oxidation sites excluding steroid dienone is 3. The van der Waals surface area contributed by atoms with Gasteiger partial charge in [0.2, 0.25) is 0 Å². The third-order valence-electron chi connectivity index (χ3n) is 12.2. The second-order valence-electron chi connectivity index (χ2n) is 16.1. The Kier molecular flexibility index (Phi) is 10.1. The van der Waals surface area contributed by atoms with Crippen molar-refractivity contribution in [2.24, 2.45) is 0 Å². The maximum Gasteiger partial charge on any atom is 0.136 e. The number of hydrogen-bond acceptors (Lipinski definition) is 2. The fourth-order valence-corrected chi connectivity index (χ4v) is 9.14. The molecule has 0 aliphatic carbocycles. The van der Waals surface area contributed by atoms with Crippen LogP contribution in [0.2, 0.25) is 0 Å². The van der Waals surface area contributed by atoms with Crippen LogP contribution in [0.4, 0.5) is 11.4 Å². The molecule has 0 amide bonds. The molecule has 0 radical (unpaired) electrons. The Morgan fingerprint density at radius 3 is 1.73 bits per heavy atom. The first-order chi connectivity index (χ1) is 31.7. The molecular formula is C62H43NO. The summed E-state index contributed by atoms with van der Waals surface area (Å²) in [6.07, 6.45) is 8.26. The number of furan rings is 1. The Bertz CT molecular complexity index is 3680. The van der Waals surface area contributed by atoms with Crippen molar-refractivity contribution >= 4 is 82.5 Å². The van der Waals surface area contributed by atoms with E-state index in [0.717, 1.165) is 66.7 Å². The van der Waals surface area contributed by atoms with Crippen LogP contribution in [0.25, 0.3) is 93.4 Å². The summed E-state index contributed by atoms with van der Waals surface area (Å²) >= 11 is 0. The number of anilines is 2. The van der Waals surface area contributed by atoms with Crippen molar-refractivity contribution in [2.45, 2.75) is 0 Å². The van der Waals surface area contributed by atoms with E-state index in [-0.39, 0.29) is 0 Å². The SMILES string of the molecule is C=C/C=C\C(=C\c1cccc2oc3cc4ccccc4cc3c12)N(c1ccc(-c2ccc3c(ccc4ccccc43)c2)cc1)c1ccc(-c2cccccccc3ccccc23)cc1. The standard InChI is InChI=1S/C62H43NO/c1-2-3-22-54(40-51-21-15-26-60-62(51)59-41-47-19-9-10-20-48(47)42-61(59)64-60)63(53-36-31-46(32-37-53)57-23-8-6-4-5-7-16-44-17-11-13-24-55(44)57)52-34-29-43(30-35-52)49-33-38-58-50(39-49)28-27-45-18-12-14-25-56(45)58/h2-42H,1H2/b5-4?,6-4?,7-5?,8-6?,16-7?,22-3-,23-8?,44-16?,54-40-,57-23?,57-55?. The van der Waals surface area contributed by atoms with Crippen LogP contribution in [0.5, 0.6) is 0 Å². The normalized spacial score (nSPS) is 11.8. The Morgan fingerprint density at radius 2 is 0.984 bits per heavy atom. The van der Waals surface area contributed by atoms with Gasteiger partial charge in [0.05, 0.1) is 0 Å². The molecule has 0 unspecified atom stereocenters. The van der Waals surface area contributed by atoms with Crippen LogP contribution in [-0.2, 0) is 0 Å². The van der Waals surface area contributed by atoms with Gasteiger partial charge in [-0.25, -0.2) is 0 Å². The lowest BCUT2D eigenvalue weighted by molar-refractivity contribution is 0.669. The minimum atomic E-state index is 0.855. The lowest BCUT2D eigenvalue weighted by Crippen LogP contribution is -2.15. The fraction of sp³-hybridized carbons (Fsp3) is 0. The first kappa shape index (κ1) is 38.5. The lowest BCUT2D eigenvalue weighted by atomic mass is 9.97. The van der Waals surface area contributed by atoms with Gasteiger partial charge in [-0.3, -0.25) is 0 Å². The van der Waals surface area contributed by atoms with Crippen LogP contribution in [0, 0.1) is 0 Å². The van der Waals surface area contributed by atoms with E-state index in [9.17, 15) is 0 Å². The van der Waals surface area contributed by atoms with E-state index in [2.05, 4.69) is 248 Å². The van der Waals surface area contributed by atoms with Gasteiger partial charge in [0.15, 0.2) is 0 Å². The molecule has 11 rings (SSSR count). The van der Waals surface area contributed by atoms with E-state index in [1.807, 2.05) is 12.2 Å². The molecule has 302 valence electrons. The minimum Gasteiger partial charge on any atom is -0.456 e. The molecule has 0 fully saturated rings. The zero-order valence-electron chi connectivity index (χ0n) is 35.2. The van der Waals surface area contributed by atoms with Crippen molar-refractivity contribution in [1.29, 1.82) is 0 Å². The van der Waals surface area contributed by atoms with Gasteiger partial charge in [0.25, 0.3) is 0 Å². The van der Waals surface area contributed by atoms with Gasteiger partial charge >= 0.3 is 0 Å². The quantitative estimate of drug-likeness (QED) is 0.112.